The molecule has 174 valence electrons. The van der Waals surface area contributed by atoms with E-state index in [0.717, 1.165) is 36.6 Å². The molecule has 0 bridgehead atoms. The normalized spacial score (nSPS) is 18.9. The van der Waals surface area contributed by atoms with Gasteiger partial charge in [0.1, 0.15) is 17.3 Å². The van der Waals surface area contributed by atoms with E-state index in [1.165, 1.54) is 25.0 Å². The van der Waals surface area contributed by atoms with Crippen LogP contribution < -0.4 is 9.47 Å². The highest BCUT2D eigenvalue weighted by molar-refractivity contribution is 5.30. The Balaban J connectivity index is 1.44. The van der Waals surface area contributed by atoms with Gasteiger partial charge in [-0.3, -0.25) is 0 Å². The minimum absolute atomic E-state index is 0.148. The molecule has 0 spiro atoms. The van der Waals surface area contributed by atoms with Crippen molar-refractivity contribution in [3.8, 4) is 11.5 Å². The summed E-state index contributed by atoms with van der Waals surface area (Å²) >= 11 is 0. The minimum Gasteiger partial charge on any atom is -0.493 e. The molecule has 5 heteroatoms. The highest BCUT2D eigenvalue weighted by Crippen LogP contribution is 2.30. The molecule has 3 rings (SSSR count). The second-order valence-electron chi connectivity index (χ2n) is 8.71. The summed E-state index contributed by atoms with van der Waals surface area (Å²) in [7, 11) is 0. The Hall–Kier alpha value is -2.43. The Bertz CT molecular complexity index is 856. The fourth-order valence-electron chi connectivity index (χ4n) is 4.13. The van der Waals surface area contributed by atoms with Gasteiger partial charge in [0.15, 0.2) is 0 Å². The van der Waals surface area contributed by atoms with E-state index in [4.69, 9.17) is 9.47 Å². The van der Waals surface area contributed by atoms with Crippen LogP contribution in [0.2, 0.25) is 0 Å². The summed E-state index contributed by atoms with van der Waals surface area (Å²) < 4.78 is 53.2. The predicted molar refractivity (Wildman–Crippen MR) is 122 cm³/mol. The quantitative estimate of drug-likeness (QED) is 0.329. The number of ether oxygens (including phenoxy) is 2. The van der Waals surface area contributed by atoms with Crippen LogP contribution in [0.5, 0.6) is 11.5 Å². The summed E-state index contributed by atoms with van der Waals surface area (Å²) in [5.41, 5.74) is 1.28. The fraction of sp³-hybridized carbons (Fsp3) is 0.481. The lowest BCUT2D eigenvalue weighted by Gasteiger charge is -2.26. The molecular weight excluding hydrogens is 413 g/mol. The third-order valence-corrected chi connectivity index (χ3v) is 6.15. The average molecular weight is 447 g/mol. The minimum atomic E-state index is -3.38. The van der Waals surface area contributed by atoms with Crippen LogP contribution in [0.4, 0.5) is 13.2 Å². The van der Waals surface area contributed by atoms with Crippen LogP contribution in [0.25, 0.3) is 0 Å². The maximum absolute atomic E-state index is 14.3. The molecule has 1 fully saturated rings. The van der Waals surface area contributed by atoms with Gasteiger partial charge in [-0.2, -0.15) is 8.78 Å². The zero-order valence-electron chi connectivity index (χ0n) is 18.8. The molecule has 0 unspecified atom stereocenters. The van der Waals surface area contributed by atoms with Crippen LogP contribution in [0.3, 0.4) is 0 Å². The molecule has 0 aromatic heterocycles. The lowest BCUT2D eigenvalue weighted by atomic mass is 9.82. The molecular formula is C27H33F3O2. The van der Waals surface area contributed by atoms with Crippen molar-refractivity contribution in [2.45, 2.75) is 64.4 Å². The largest absolute Gasteiger partial charge is 0.493 e. The summed E-state index contributed by atoms with van der Waals surface area (Å²) in [5.74, 6) is 1.28. The molecule has 0 heterocycles. The molecule has 32 heavy (non-hydrogen) atoms. The summed E-state index contributed by atoms with van der Waals surface area (Å²) in [6.07, 6.45) is 4.32. The van der Waals surface area contributed by atoms with Gasteiger partial charge in [-0.25, -0.2) is 4.39 Å². The first-order chi connectivity index (χ1) is 15.4. The van der Waals surface area contributed by atoms with Crippen LogP contribution in [0.1, 0.15) is 56.6 Å². The van der Waals surface area contributed by atoms with Gasteiger partial charge in [-0.15, -0.1) is 6.58 Å². The molecule has 0 atom stereocenters. The van der Waals surface area contributed by atoms with Crippen molar-refractivity contribution in [2.75, 3.05) is 6.61 Å². The van der Waals surface area contributed by atoms with Crippen molar-refractivity contribution in [1.29, 1.82) is 0 Å². The maximum Gasteiger partial charge on any atom is 0.398 e. The van der Waals surface area contributed by atoms with E-state index in [9.17, 15) is 13.2 Å². The zero-order chi connectivity index (χ0) is 23.0. The summed E-state index contributed by atoms with van der Waals surface area (Å²) in [6.45, 7) is 6.49. The lowest BCUT2D eigenvalue weighted by Crippen LogP contribution is -2.25. The van der Waals surface area contributed by atoms with E-state index in [1.807, 2.05) is 25.1 Å². The second kappa shape index (κ2) is 11.4. The summed E-state index contributed by atoms with van der Waals surface area (Å²) in [6, 6.07) is 11.2. The Kier molecular flexibility index (Phi) is 8.66. The molecule has 2 aromatic rings. The van der Waals surface area contributed by atoms with E-state index < -0.39 is 18.3 Å². The molecule has 1 saturated carbocycles. The van der Waals surface area contributed by atoms with E-state index in [0.29, 0.717) is 30.4 Å². The van der Waals surface area contributed by atoms with E-state index in [2.05, 4.69) is 6.58 Å². The summed E-state index contributed by atoms with van der Waals surface area (Å²) in [4.78, 5) is 0. The number of alkyl halides is 2. The third-order valence-electron chi connectivity index (χ3n) is 6.15. The van der Waals surface area contributed by atoms with Crippen molar-refractivity contribution in [3.63, 3.8) is 0 Å². The zero-order valence-corrected chi connectivity index (χ0v) is 18.8. The van der Waals surface area contributed by atoms with E-state index >= 15 is 0 Å². The van der Waals surface area contributed by atoms with Gasteiger partial charge < -0.3 is 9.47 Å². The van der Waals surface area contributed by atoms with Crippen molar-refractivity contribution >= 4 is 0 Å². The fourth-order valence-corrected chi connectivity index (χ4v) is 4.13. The van der Waals surface area contributed by atoms with Gasteiger partial charge in [0.2, 0.25) is 0 Å². The molecule has 0 amide bonds. The van der Waals surface area contributed by atoms with Crippen LogP contribution in [-0.4, -0.2) is 12.7 Å². The van der Waals surface area contributed by atoms with Gasteiger partial charge >= 0.3 is 6.11 Å². The number of aryl methyl sites for hydroxylation is 2. The standard InChI is InChI=1S/C27H33F3O2/c1-3-5-23-12-15-25(18-26(23)28)32-27(29,30)17-16-21-10-13-24(14-11-21)31-19-22-8-6-20(4-2)7-9-22/h4,10-15,18,20,22H,2-3,5-9,16-17,19H2,1H3. The maximum atomic E-state index is 14.3. The third kappa shape index (κ3) is 7.32. The first-order valence-electron chi connectivity index (χ1n) is 11.6. The van der Waals surface area contributed by atoms with Crippen LogP contribution >= 0.6 is 0 Å². The summed E-state index contributed by atoms with van der Waals surface area (Å²) in [5, 5.41) is 0. The van der Waals surface area contributed by atoms with E-state index in [1.54, 1.807) is 12.1 Å². The van der Waals surface area contributed by atoms with Gasteiger partial charge in [0.25, 0.3) is 0 Å². The predicted octanol–water partition coefficient (Wildman–Crippen LogP) is 7.75. The molecule has 1 aliphatic carbocycles. The Morgan fingerprint density at radius 1 is 1.00 bits per heavy atom. The number of halogens is 3. The van der Waals surface area contributed by atoms with Crippen LogP contribution in [0, 0.1) is 17.7 Å². The van der Waals surface area contributed by atoms with Crippen LogP contribution in [0.15, 0.2) is 55.1 Å². The average Bonchev–Trinajstić information content (AvgIpc) is 2.79. The van der Waals surface area contributed by atoms with Gasteiger partial charge in [0.05, 0.1) is 13.0 Å². The lowest BCUT2D eigenvalue weighted by molar-refractivity contribution is -0.180. The van der Waals surface area contributed by atoms with Crippen molar-refractivity contribution in [1.82, 2.24) is 0 Å². The molecule has 2 nitrogen and oxygen atoms in total. The van der Waals surface area contributed by atoms with Gasteiger partial charge in [-0.05, 0) is 79.7 Å². The Labute approximate surface area is 189 Å². The molecule has 0 N–H and O–H groups in total. The number of benzene rings is 2. The highest BCUT2D eigenvalue weighted by Gasteiger charge is 2.31. The first kappa shape index (κ1) is 24.2. The molecule has 0 saturated heterocycles. The topological polar surface area (TPSA) is 18.5 Å². The molecule has 2 aromatic carbocycles. The SMILES string of the molecule is C=CC1CCC(COc2ccc(CCC(F)(F)Oc3ccc(CCC)c(F)c3)cc2)CC1. The van der Waals surface area contributed by atoms with Crippen molar-refractivity contribution in [3.05, 3.63) is 72.1 Å². The number of rotatable bonds is 11. The number of hydrogen-bond acceptors (Lipinski definition) is 2. The highest BCUT2D eigenvalue weighted by atomic mass is 19.3. The smallest absolute Gasteiger partial charge is 0.398 e. The van der Waals surface area contributed by atoms with Crippen molar-refractivity contribution in [2.24, 2.45) is 11.8 Å². The molecule has 1 aliphatic rings. The first-order valence-corrected chi connectivity index (χ1v) is 11.6. The Morgan fingerprint density at radius 3 is 2.31 bits per heavy atom. The molecule has 0 aliphatic heterocycles. The number of allylic oxidation sites excluding steroid dienone is 1. The monoisotopic (exact) mass is 446 g/mol. The van der Waals surface area contributed by atoms with E-state index in [-0.39, 0.29) is 12.2 Å². The van der Waals surface area contributed by atoms with Gasteiger partial charge in [-0.1, -0.05) is 37.6 Å². The number of hydrogen-bond donors (Lipinski definition) is 0. The molecule has 0 radical (unpaired) electrons. The van der Waals surface area contributed by atoms with Gasteiger partial charge in [0, 0.05) is 6.07 Å². The van der Waals surface area contributed by atoms with Crippen molar-refractivity contribution < 1.29 is 22.6 Å². The second-order valence-corrected chi connectivity index (χ2v) is 8.71. The Morgan fingerprint density at radius 2 is 1.69 bits per heavy atom. The van der Waals surface area contributed by atoms with Crippen LogP contribution in [-0.2, 0) is 12.8 Å².